The minimum absolute atomic E-state index is 0.157. The first kappa shape index (κ1) is 15.3. The second-order valence-electron chi connectivity index (χ2n) is 5.02. The number of ether oxygens (including phenoxy) is 1. The van der Waals surface area contributed by atoms with Crippen molar-refractivity contribution >= 4 is 17.6 Å². The van der Waals surface area contributed by atoms with E-state index >= 15 is 0 Å². The van der Waals surface area contributed by atoms with Crippen LogP contribution in [0.4, 0.5) is 0 Å². The highest BCUT2D eigenvalue weighted by Gasteiger charge is 2.10. The SMILES string of the molecule is O=C(Cc1cccnc1)Oc1ccc(-c2ccccc2)cc1Cl. The molecule has 4 heteroatoms. The molecule has 0 aliphatic rings. The van der Waals surface area contributed by atoms with Crippen molar-refractivity contribution in [3.05, 3.63) is 83.6 Å². The Balaban J connectivity index is 1.73. The van der Waals surface area contributed by atoms with Gasteiger partial charge in [0.05, 0.1) is 11.4 Å². The predicted octanol–water partition coefficient (Wildman–Crippen LogP) is 4.55. The summed E-state index contributed by atoms with van der Waals surface area (Å²) in [6.07, 6.45) is 3.46. The lowest BCUT2D eigenvalue weighted by Gasteiger charge is -2.08. The third-order valence-electron chi connectivity index (χ3n) is 3.33. The monoisotopic (exact) mass is 323 g/mol. The number of carbonyl (C=O) groups excluding carboxylic acids is 1. The Morgan fingerprint density at radius 2 is 1.83 bits per heavy atom. The highest BCUT2D eigenvalue weighted by atomic mass is 35.5. The van der Waals surface area contributed by atoms with Crippen LogP contribution >= 0.6 is 11.6 Å². The van der Waals surface area contributed by atoms with E-state index in [9.17, 15) is 4.79 Å². The summed E-state index contributed by atoms with van der Waals surface area (Å²) in [5.74, 6) is -0.00685. The lowest BCUT2D eigenvalue weighted by molar-refractivity contribution is -0.133. The smallest absolute Gasteiger partial charge is 0.315 e. The molecule has 3 aromatic rings. The van der Waals surface area contributed by atoms with Crippen molar-refractivity contribution in [1.29, 1.82) is 0 Å². The van der Waals surface area contributed by atoms with Gasteiger partial charge in [0.2, 0.25) is 0 Å². The molecule has 0 N–H and O–H groups in total. The number of benzene rings is 2. The molecule has 0 amide bonds. The average molecular weight is 324 g/mol. The van der Waals surface area contributed by atoms with Gasteiger partial charge in [0, 0.05) is 12.4 Å². The summed E-state index contributed by atoms with van der Waals surface area (Å²) in [4.78, 5) is 16.0. The average Bonchev–Trinajstić information content (AvgIpc) is 2.58. The van der Waals surface area contributed by atoms with Gasteiger partial charge < -0.3 is 4.74 Å². The van der Waals surface area contributed by atoms with Gasteiger partial charge in [0.15, 0.2) is 0 Å². The van der Waals surface area contributed by atoms with Crippen molar-refractivity contribution in [2.24, 2.45) is 0 Å². The Hall–Kier alpha value is -2.65. The number of rotatable bonds is 4. The van der Waals surface area contributed by atoms with Crippen molar-refractivity contribution in [2.45, 2.75) is 6.42 Å². The fourth-order valence-corrected chi connectivity index (χ4v) is 2.44. The van der Waals surface area contributed by atoms with E-state index in [1.54, 1.807) is 30.6 Å². The molecule has 0 saturated carbocycles. The molecule has 0 bridgehead atoms. The van der Waals surface area contributed by atoms with Gasteiger partial charge in [-0.3, -0.25) is 9.78 Å². The first-order valence-corrected chi connectivity index (χ1v) is 7.55. The predicted molar refractivity (Wildman–Crippen MR) is 90.5 cm³/mol. The van der Waals surface area contributed by atoms with E-state index in [1.807, 2.05) is 42.5 Å². The fourth-order valence-electron chi connectivity index (χ4n) is 2.22. The Bertz CT molecular complexity index is 804. The largest absolute Gasteiger partial charge is 0.425 e. The first-order valence-electron chi connectivity index (χ1n) is 7.17. The molecule has 1 aromatic heterocycles. The van der Waals surface area contributed by atoms with E-state index in [0.717, 1.165) is 16.7 Å². The maximum Gasteiger partial charge on any atom is 0.315 e. The van der Waals surface area contributed by atoms with E-state index in [0.29, 0.717) is 10.8 Å². The van der Waals surface area contributed by atoms with Crippen molar-refractivity contribution in [3.63, 3.8) is 0 Å². The summed E-state index contributed by atoms with van der Waals surface area (Å²) in [5, 5.41) is 0.408. The summed E-state index contributed by atoms with van der Waals surface area (Å²) in [6.45, 7) is 0. The first-order chi connectivity index (χ1) is 11.2. The standard InChI is InChI=1S/C19H14ClNO2/c20-17-12-16(15-6-2-1-3-7-15)8-9-18(17)23-19(22)11-14-5-4-10-21-13-14/h1-10,12-13H,11H2. The minimum Gasteiger partial charge on any atom is -0.425 e. The van der Waals surface area contributed by atoms with Crippen molar-refractivity contribution in [3.8, 4) is 16.9 Å². The number of hydrogen-bond donors (Lipinski definition) is 0. The van der Waals surface area contributed by atoms with Crippen molar-refractivity contribution in [1.82, 2.24) is 4.98 Å². The molecular weight excluding hydrogens is 310 g/mol. The molecule has 0 aliphatic carbocycles. The van der Waals surface area contributed by atoms with Crippen LogP contribution in [0.25, 0.3) is 11.1 Å². The number of esters is 1. The van der Waals surface area contributed by atoms with Gasteiger partial charge >= 0.3 is 5.97 Å². The highest BCUT2D eigenvalue weighted by molar-refractivity contribution is 6.32. The molecule has 0 saturated heterocycles. The molecule has 114 valence electrons. The van der Waals surface area contributed by atoms with E-state index < -0.39 is 0 Å². The number of nitrogens with zero attached hydrogens (tertiary/aromatic N) is 1. The summed E-state index contributed by atoms with van der Waals surface area (Å²) < 4.78 is 5.34. The normalized spacial score (nSPS) is 10.3. The van der Waals surface area contributed by atoms with Crippen molar-refractivity contribution in [2.75, 3.05) is 0 Å². The van der Waals surface area contributed by atoms with Crippen LogP contribution in [-0.2, 0) is 11.2 Å². The van der Waals surface area contributed by atoms with Gasteiger partial charge in [-0.05, 0) is 34.9 Å². The Morgan fingerprint density at radius 1 is 1.00 bits per heavy atom. The summed E-state index contributed by atoms with van der Waals surface area (Å²) in [7, 11) is 0. The van der Waals surface area contributed by atoms with Crippen LogP contribution in [0.2, 0.25) is 5.02 Å². The van der Waals surface area contributed by atoms with Crippen molar-refractivity contribution < 1.29 is 9.53 Å². The Morgan fingerprint density at radius 3 is 2.52 bits per heavy atom. The molecule has 0 fully saturated rings. The van der Waals surface area contributed by atoms with E-state index in [2.05, 4.69) is 4.98 Å². The number of pyridine rings is 1. The highest BCUT2D eigenvalue weighted by Crippen LogP contribution is 2.30. The second kappa shape index (κ2) is 7.07. The molecule has 0 spiro atoms. The van der Waals surface area contributed by atoms with Crippen LogP contribution < -0.4 is 4.74 Å². The number of halogens is 1. The molecule has 0 atom stereocenters. The number of carbonyl (C=O) groups is 1. The van der Waals surface area contributed by atoms with Crippen LogP contribution in [-0.4, -0.2) is 11.0 Å². The van der Waals surface area contributed by atoms with E-state index in [4.69, 9.17) is 16.3 Å². The van der Waals surface area contributed by atoms with Gasteiger partial charge in [-0.15, -0.1) is 0 Å². The van der Waals surface area contributed by atoms with Gasteiger partial charge in [-0.1, -0.05) is 54.1 Å². The van der Waals surface area contributed by atoms with Crippen LogP contribution in [0, 0.1) is 0 Å². The molecule has 1 heterocycles. The van der Waals surface area contributed by atoms with Gasteiger partial charge in [-0.25, -0.2) is 0 Å². The summed E-state index contributed by atoms with van der Waals surface area (Å²) in [5.41, 5.74) is 2.83. The van der Waals surface area contributed by atoms with E-state index in [1.165, 1.54) is 0 Å². The number of aromatic nitrogens is 1. The topological polar surface area (TPSA) is 39.2 Å². The van der Waals surface area contributed by atoms with Gasteiger partial charge in [0.25, 0.3) is 0 Å². The van der Waals surface area contributed by atoms with Crippen LogP contribution in [0.15, 0.2) is 73.1 Å². The molecule has 0 aliphatic heterocycles. The second-order valence-corrected chi connectivity index (χ2v) is 5.43. The molecule has 0 radical (unpaired) electrons. The third-order valence-corrected chi connectivity index (χ3v) is 3.63. The van der Waals surface area contributed by atoms with E-state index in [-0.39, 0.29) is 12.4 Å². The zero-order chi connectivity index (χ0) is 16.1. The molecule has 3 rings (SSSR count). The van der Waals surface area contributed by atoms with Gasteiger partial charge in [-0.2, -0.15) is 0 Å². The fraction of sp³-hybridized carbons (Fsp3) is 0.0526. The van der Waals surface area contributed by atoms with Crippen LogP contribution in [0.1, 0.15) is 5.56 Å². The zero-order valence-electron chi connectivity index (χ0n) is 12.3. The van der Waals surface area contributed by atoms with Crippen LogP contribution in [0.3, 0.4) is 0 Å². The Labute approximate surface area is 139 Å². The lowest BCUT2D eigenvalue weighted by atomic mass is 10.1. The summed E-state index contributed by atoms with van der Waals surface area (Å²) in [6, 6.07) is 18.9. The molecular formula is C19H14ClNO2. The lowest BCUT2D eigenvalue weighted by Crippen LogP contribution is -2.11. The summed E-state index contributed by atoms with van der Waals surface area (Å²) >= 11 is 6.24. The number of hydrogen-bond acceptors (Lipinski definition) is 3. The maximum absolute atomic E-state index is 12.0. The van der Waals surface area contributed by atoms with Gasteiger partial charge in [0.1, 0.15) is 5.75 Å². The van der Waals surface area contributed by atoms with Crippen LogP contribution in [0.5, 0.6) is 5.75 Å². The Kier molecular flexibility index (Phi) is 4.69. The molecule has 2 aromatic carbocycles. The molecule has 23 heavy (non-hydrogen) atoms. The maximum atomic E-state index is 12.0. The molecule has 0 unspecified atom stereocenters. The zero-order valence-corrected chi connectivity index (χ0v) is 13.0. The third kappa shape index (κ3) is 3.96. The minimum atomic E-state index is -0.368. The molecule has 3 nitrogen and oxygen atoms in total. The quantitative estimate of drug-likeness (QED) is 0.522.